The van der Waals surface area contributed by atoms with Crippen molar-refractivity contribution in [2.75, 3.05) is 26.7 Å². The Balaban J connectivity index is 2.55. The molecule has 104 valence electrons. The lowest BCUT2D eigenvalue weighted by Crippen LogP contribution is -2.51. The summed E-state index contributed by atoms with van der Waals surface area (Å²) in [6.45, 7) is 3.50. The molecule has 0 aromatic heterocycles. The Hall–Kier alpha value is -1.30. The van der Waals surface area contributed by atoms with E-state index in [0.29, 0.717) is 12.5 Å². The molecule has 0 radical (unpaired) electrons. The van der Waals surface area contributed by atoms with E-state index in [0.717, 1.165) is 25.8 Å². The third-order valence-corrected chi connectivity index (χ3v) is 3.18. The van der Waals surface area contributed by atoms with Crippen molar-refractivity contribution in [1.29, 1.82) is 0 Å². The lowest BCUT2D eigenvalue weighted by Gasteiger charge is -2.37. The van der Waals surface area contributed by atoms with Gasteiger partial charge in [-0.05, 0) is 18.8 Å². The average Bonchev–Trinajstić information content (AvgIpc) is 2.28. The normalized spacial score (nSPS) is 24.6. The van der Waals surface area contributed by atoms with Crippen LogP contribution in [0, 0.1) is 5.92 Å². The molecule has 2 atom stereocenters. The molecule has 0 aliphatic carbocycles. The molecular weight excluding hydrogens is 236 g/mol. The maximum atomic E-state index is 11.2. The first-order valence-corrected chi connectivity index (χ1v) is 6.33. The zero-order chi connectivity index (χ0) is 13.5. The van der Waals surface area contributed by atoms with E-state index in [2.05, 4.69) is 17.0 Å². The molecule has 18 heavy (non-hydrogen) atoms. The number of alkyl carbamates (subject to hydrolysis) is 1. The lowest BCUT2D eigenvalue weighted by molar-refractivity contribution is -0.138. The van der Waals surface area contributed by atoms with E-state index in [9.17, 15) is 9.59 Å². The number of aliphatic carboxylic acids is 1. The number of rotatable bonds is 5. The summed E-state index contributed by atoms with van der Waals surface area (Å²) in [5.74, 6) is -0.394. The number of amides is 1. The minimum atomic E-state index is -0.830. The second-order valence-corrected chi connectivity index (χ2v) is 4.81. The number of carbonyl (C=O) groups excluding carboxylic acids is 1. The van der Waals surface area contributed by atoms with Gasteiger partial charge < -0.3 is 15.2 Å². The molecule has 1 saturated heterocycles. The van der Waals surface area contributed by atoms with Crippen molar-refractivity contribution in [3.05, 3.63) is 0 Å². The molecule has 1 heterocycles. The molecule has 1 aliphatic rings. The largest absolute Gasteiger partial charge is 0.480 e. The first-order valence-electron chi connectivity index (χ1n) is 6.33. The second kappa shape index (κ2) is 7.20. The summed E-state index contributed by atoms with van der Waals surface area (Å²) in [5.41, 5.74) is 0. The smallest absolute Gasteiger partial charge is 0.407 e. The first kappa shape index (κ1) is 14.8. The van der Waals surface area contributed by atoms with Crippen molar-refractivity contribution in [1.82, 2.24) is 10.2 Å². The van der Waals surface area contributed by atoms with Gasteiger partial charge in [0.1, 0.15) is 0 Å². The quantitative estimate of drug-likeness (QED) is 0.766. The zero-order valence-electron chi connectivity index (χ0n) is 11.0. The third-order valence-electron chi connectivity index (χ3n) is 3.18. The fraction of sp³-hybridized carbons (Fsp3) is 0.833. The van der Waals surface area contributed by atoms with E-state index in [1.54, 1.807) is 0 Å². The van der Waals surface area contributed by atoms with Crippen molar-refractivity contribution >= 4 is 12.1 Å². The van der Waals surface area contributed by atoms with Gasteiger partial charge in [0.25, 0.3) is 0 Å². The minimum Gasteiger partial charge on any atom is -0.480 e. The van der Waals surface area contributed by atoms with Crippen LogP contribution in [-0.4, -0.2) is 54.9 Å². The molecule has 1 aliphatic heterocycles. The van der Waals surface area contributed by atoms with Gasteiger partial charge in [0.2, 0.25) is 0 Å². The van der Waals surface area contributed by atoms with Crippen LogP contribution in [0.1, 0.15) is 26.2 Å². The van der Waals surface area contributed by atoms with Gasteiger partial charge in [-0.2, -0.15) is 0 Å². The second-order valence-electron chi connectivity index (χ2n) is 4.81. The van der Waals surface area contributed by atoms with Crippen LogP contribution in [0.25, 0.3) is 0 Å². The Morgan fingerprint density at radius 3 is 2.72 bits per heavy atom. The molecule has 1 amide bonds. The molecule has 0 aromatic carbocycles. The summed E-state index contributed by atoms with van der Waals surface area (Å²) in [5, 5.41) is 11.6. The molecule has 2 N–H and O–H groups in total. The van der Waals surface area contributed by atoms with Gasteiger partial charge in [-0.1, -0.05) is 13.3 Å². The number of likely N-dealkylation sites (tertiary alicyclic amines) is 1. The number of nitrogens with zero attached hydrogens (tertiary/aromatic N) is 1. The number of carboxylic acids is 1. The van der Waals surface area contributed by atoms with Gasteiger partial charge in [-0.3, -0.25) is 9.69 Å². The summed E-state index contributed by atoms with van der Waals surface area (Å²) in [4.78, 5) is 23.9. The predicted octanol–water partition coefficient (Wildman–Crippen LogP) is 0.918. The van der Waals surface area contributed by atoms with E-state index in [1.165, 1.54) is 7.11 Å². The highest BCUT2D eigenvalue weighted by molar-refractivity contribution is 5.69. The van der Waals surface area contributed by atoms with E-state index < -0.39 is 12.1 Å². The SMILES string of the molecule is CCCC1CC(NC(=O)OC)CN(CC(=O)O)C1. The van der Waals surface area contributed by atoms with Gasteiger partial charge in [0.05, 0.1) is 13.7 Å². The van der Waals surface area contributed by atoms with Gasteiger partial charge >= 0.3 is 12.1 Å². The topological polar surface area (TPSA) is 78.9 Å². The van der Waals surface area contributed by atoms with Crippen LogP contribution < -0.4 is 5.32 Å². The number of ether oxygens (including phenoxy) is 1. The fourth-order valence-electron chi connectivity index (χ4n) is 2.57. The third kappa shape index (κ3) is 4.91. The number of methoxy groups -OCH3 is 1. The monoisotopic (exact) mass is 258 g/mol. The van der Waals surface area contributed by atoms with Crippen LogP contribution in [0.15, 0.2) is 0 Å². The molecule has 2 unspecified atom stereocenters. The molecule has 0 bridgehead atoms. The summed E-state index contributed by atoms with van der Waals surface area (Å²) >= 11 is 0. The zero-order valence-corrected chi connectivity index (χ0v) is 11.0. The maximum absolute atomic E-state index is 11.2. The summed E-state index contributed by atoms with van der Waals surface area (Å²) in [7, 11) is 1.33. The van der Waals surface area contributed by atoms with Crippen LogP contribution in [0.2, 0.25) is 0 Å². The molecule has 1 rings (SSSR count). The molecule has 0 aromatic rings. The molecule has 6 heteroatoms. The Morgan fingerprint density at radius 2 is 2.17 bits per heavy atom. The fourth-order valence-corrected chi connectivity index (χ4v) is 2.57. The van der Waals surface area contributed by atoms with E-state index in [4.69, 9.17) is 5.11 Å². The Labute approximate surface area is 107 Å². The summed E-state index contributed by atoms with van der Waals surface area (Å²) < 4.78 is 4.58. The van der Waals surface area contributed by atoms with Gasteiger partial charge in [-0.25, -0.2) is 4.79 Å². The molecule has 6 nitrogen and oxygen atoms in total. The van der Waals surface area contributed by atoms with Gasteiger partial charge in [0.15, 0.2) is 0 Å². The minimum absolute atomic E-state index is 0.0258. The number of carboxylic acid groups (broad SMARTS) is 1. The number of carbonyl (C=O) groups is 2. The Kier molecular flexibility index (Phi) is 5.91. The molecule has 0 saturated carbocycles. The van der Waals surface area contributed by atoms with Gasteiger partial charge in [0, 0.05) is 19.1 Å². The molecule has 1 fully saturated rings. The Bertz CT molecular complexity index is 296. The lowest BCUT2D eigenvalue weighted by atomic mass is 9.90. The maximum Gasteiger partial charge on any atom is 0.407 e. The number of hydrogen-bond donors (Lipinski definition) is 2. The predicted molar refractivity (Wildman–Crippen MR) is 66.4 cm³/mol. The average molecular weight is 258 g/mol. The van der Waals surface area contributed by atoms with E-state index >= 15 is 0 Å². The standard InChI is InChI=1S/C12H22N2O4/c1-3-4-9-5-10(13-12(17)18-2)7-14(6-9)8-11(15)16/h9-10H,3-8H2,1-2H3,(H,13,17)(H,15,16). The summed E-state index contributed by atoms with van der Waals surface area (Å²) in [6.07, 6.45) is 2.55. The molecular formula is C12H22N2O4. The first-order chi connectivity index (χ1) is 8.55. The molecule has 0 spiro atoms. The number of nitrogens with one attached hydrogen (secondary N) is 1. The Morgan fingerprint density at radius 1 is 1.44 bits per heavy atom. The van der Waals surface area contributed by atoms with Gasteiger partial charge in [-0.15, -0.1) is 0 Å². The van der Waals surface area contributed by atoms with Crippen LogP contribution in [0.5, 0.6) is 0 Å². The van der Waals surface area contributed by atoms with Crippen LogP contribution in [0.4, 0.5) is 4.79 Å². The number of hydrogen-bond acceptors (Lipinski definition) is 4. The van der Waals surface area contributed by atoms with Crippen molar-refractivity contribution in [2.45, 2.75) is 32.2 Å². The summed E-state index contributed by atoms with van der Waals surface area (Å²) in [6, 6.07) is -0.0258. The van der Waals surface area contributed by atoms with Crippen molar-refractivity contribution in [3.8, 4) is 0 Å². The van der Waals surface area contributed by atoms with Crippen molar-refractivity contribution in [2.24, 2.45) is 5.92 Å². The van der Waals surface area contributed by atoms with Crippen LogP contribution in [0.3, 0.4) is 0 Å². The highest BCUT2D eigenvalue weighted by Crippen LogP contribution is 2.21. The number of piperidine rings is 1. The highest BCUT2D eigenvalue weighted by Gasteiger charge is 2.28. The van der Waals surface area contributed by atoms with Crippen molar-refractivity contribution in [3.63, 3.8) is 0 Å². The van der Waals surface area contributed by atoms with Crippen molar-refractivity contribution < 1.29 is 19.4 Å². The van der Waals surface area contributed by atoms with Crippen LogP contribution in [-0.2, 0) is 9.53 Å². The van der Waals surface area contributed by atoms with Crippen LogP contribution >= 0.6 is 0 Å². The highest BCUT2D eigenvalue weighted by atomic mass is 16.5. The van der Waals surface area contributed by atoms with E-state index in [-0.39, 0.29) is 12.6 Å². The van der Waals surface area contributed by atoms with E-state index in [1.807, 2.05) is 4.90 Å².